The summed E-state index contributed by atoms with van der Waals surface area (Å²) < 4.78 is 4.52. The van der Waals surface area contributed by atoms with E-state index in [0.717, 1.165) is 16.8 Å². The molecule has 0 saturated heterocycles. The molecule has 0 spiro atoms. The van der Waals surface area contributed by atoms with Crippen molar-refractivity contribution in [3.63, 3.8) is 0 Å². The predicted molar refractivity (Wildman–Crippen MR) is 238 cm³/mol. The lowest BCUT2D eigenvalue weighted by Crippen LogP contribution is -2.31. The molecule has 0 aliphatic heterocycles. The van der Waals surface area contributed by atoms with E-state index in [1.807, 2.05) is 18.5 Å². The van der Waals surface area contributed by atoms with E-state index in [-0.39, 0.29) is 0 Å². The minimum Gasteiger partial charge on any atom is -0.351 e. The average Bonchev–Trinajstić information content (AvgIpc) is 3.72. The summed E-state index contributed by atoms with van der Waals surface area (Å²) in [7, 11) is 2.07. The Morgan fingerprint density at radius 1 is 0.571 bits per heavy atom. The first-order valence-corrected chi connectivity index (χ1v) is 19.2. The van der Waals surface area contributed by atoms with Crippen LogP contribution in [0.3, 0.4) is 0 Å². The largest absolute Gasteiger partial charge is 0.351 e. The highest BCUT2D eigenvalue weighted by atomic mass is 15.1. The van der Waals surface area contributed by atoms with Crippen molar-refractivity contribution in [3.05, 3.63) is 250 Å². The van der Waals surface area contributed by atoms with Gasteiger partial charge in [0.25, 0.3) is 12.9 Å². The van der Waals surface area contributed by atoms with Crippen molar-refractivity contribution in [3.8, 4) is 22.3 Å². The number of rotatable bonds is 9. The molecule has 0 saturated carbocycles. The van der Waals surface area contributed by atoms with E-state index in [4.69, 9.17) is 0 Å². The summed E-state index contributed by atoms with van der Waals surface area (Å²) in [4.78, 5) is 2.12. The molecular weight excluding hydrogens is 677 g/mol. The van der Waals surface area contributed by atoms with Gasteiger partial charge in [-0.15, -0.1) is 4.67 Å². The Morgan fingerprint density at radius 2 is 1.11 bits per heavy atom. The van der Waals surface area contributed by atoms with Crippen LogP contribution in [0.2, 0.25) is 0 Å². The number of benzene rings is 7. The smallest absolute Gasteiger partial charge is 0.296 e. The minimum absolute atomic E-state index is 0.549. The second-order valence-electron chi connectivity index (χ2n) is 14.8. The van der Waals surface area contributed by atoms with Crippen molar-refractivity contribution >= 4 is 24.7 Å². The number of anilines is 1. The summed E-state index contributed by atoms with van der Waals surface area (Å²) in [6.45, 7) is 10.0. The van der Waals surface area contributed by atoms with Crippen LogP contribution in [-0.4, -0.2) is 20.0 Å². The molecule has 0 amide bonds. The molecule has 0 heterocycles. The monoisotopic (exact) mass is 719 g/mol. The van der Waals surface area contributed by atoms with Crippen molar-refractivity contribution < 1.29 is 0 Å². The lowest BCUT2D eigenvalue weighted by Gasteiger charge is -2.35. The van der Waals surface area contributed by atoms with Crippen molar-refractivity contribution in [2.75, 3.05) is 11.9 Å². The van der Waals surface area contributed by atoms with Gasteiger partial charge in [0, 0.05) is 18.9 Å². The normalized spacial score (nSPS) is 14.3. The maximum absolute atomic E-state index is 4.52. The molecule has 0 unspecified atom stereocenters. The molecule has 0 radical (unpaired) electrons. The Balaban J connectivity index is 1.30. The van der Waals surface area contributed by atoms with Gasteiger partial charge in [-0.25, -0.2) is 0 Å². The SMILES string of the molecule is C=C/C=C\N(C)c1ccc(C2(c3cccc(C=C(C=[N+]=C)C4(c5cccc(C)c5)c5ccccc5-c5ccccc54)c3)c3ccccc3-c3ccccc32)cc1. The van der Waals surface area contributed by atoms with Crippen LogP contribution in [0, 0.1) is 6.92 Å². The Morgan fingerprint density at radius 3 is 1.68 bits per heavy atom. The number of nitrogens with zero attached hydrogens (tertiary/aromatic N) is 2. The van der Waals surface area contributed by atoms with Crippen LogP contribution in [0.15, 0.2) is 200 Å². The van der Waals surface area contributed by atoms with E-state index >= 15 is 0 Å². The zero-order valence-corrected chi connectivity index (χ0v) is 31.9. The Kier molecular flexibility index (Phi) is 8.70. The fourth-order valence-electron chi connectivity index (χ4n) is 9.53. The molecule has 0 atom stereocenters. The quantitative estimate of drug-likeness (QED) is 0.0825. The van der Waals surface area contributed by atoms with Gasteiger partial charge in [0.05, 0.1) is 16.4 Å². The highest BCUT2D eigenvalue weighted by Crippen LogP contribution is 2.58. The minimum atomic E-state index is -0.609. The first-order chi connectivity index (χ1) is 27.5. The van der Waals surface area contributed by atoms with E-state index in [2.05, 4.69) is 213 Å². The summed E-state index contributed by atoms with van der Waals surface area (Å²) in [6.07, 6.45) is 10.1. The van der Waals surface area contributed by atoms with Gasteiger partial charge in [0.15, 0.2) is 0 Å². The first kappa shape index (κ1) is 34.8. The van der Waals surface area contributed by atoms with Gasteiger partial charge in [0.2, 0.25) is 0 Å². The molecule has 0 N–H and O–H groups in total. The molecule has 2 heteroatoms. The zero-order chi connectivity index (χ0) is 38.3. The first-order valence-electron chi connectivity index (χ1n) is 19.2. The van der Waals surface area contributed by atoms with Gasteiger partial charge in [-0.3, -0.25) is 0 Å². The number of hydrogen-bond donors (Lipinski definition) is 0. The molecule has 0 bridgehead atoms. The summed E-state index contributed by atoms with van der Waals surface area (Å²) in [5, 5.41) is 0. The van der Waals surface area contributed by atoms with Gasteiger partial charge in [0.1, 0.15) is 0 Å². The summed E-state index contributed by atoms with van der Waals surface area (Å²) in [6, 6.07) is 62.6. The lowest BCUT2D eigenvalue weighted by atomic mass is 9.66. The van der Waals surface area contributed by atoms with Crippen molar-refractivity contribution in [2.45, 2.75) is 17.8 Å². The Labute approximate surface area is 330 Å². The van der Waals surface area contributed by atoms with Gasteiger partial charge in [-0.05, 0) is 98.0 Å². The van der Waals surface area contributed by atoms with Crippen LogP contribution in [0.25, 0.3) is 28.3 Å². The average molecular weight is 720 g/mol. The van der Waals surface area contributed by atoms with Gasteiger partial charge in [-0.1, -0.05) is 176 Å². The topological polar surface area (TPSA) is 17.3 Å². The standard InChI is InChI=1S/C54H43N2/c1-5-6-33-56(4)44-31-29-40(30-32-44)53(49-25-11-7-21-45(49)46-22-8-12-26-50(46)53)42-20-16-18-39(35-42)36-43(37-55-3)54(41-19-15-17-38(2)34-41)51-27-13-9-23-47(51)48-24-10-14-28-52(48)54/h5-37H,1,3H2,2,4H3/q+1/b33-6-,43-36?. The third-order valence-corrected chi connectivity index (χ3v) is 11.8. The van der Waals surface area contributed by atoms with Crippen LogP contribution in [0.4, 0.5) is 5.69 Å². The molecule has 7 aromatic carbocycles. The van der Waals surface area contributed by atoms with E-state index in [9.17, 15) is 0 Å². The molecule has 2 aliphatic rings. The van der Waals surface area contributed by atoms with Crippen LogP contribution in [0.5, 0.6) is 0 Å². The van der Waals surface area contributed by atoms with Gasteiger partial charge in [-0.2, -0.15) is 0 Å². The molecule has 2 nitrogen and oxygen atoms in total. The summed E-state index contributed by atoms with van der Waals surface area (Å²) in [5.41, 5.74) is 17.0. The maximum Gasteiger partial charge on any atom is 0.296 e. The third kappa shape index (κ3) is 5.22. The summed E-state index contributed by atoms with van der Waals surface area (Å²) in [5.74, 6) is 0. The molecule has 268 valence electrons. The van der Waals surface area contributed by atoms with E-state index in [1.54, 1.807) is 6.08 Å². The number of allylic oxidation sites excluding steroid dienone is 3. The molecule has 7 aromatic rings. The molecule has 56 heavy (non-hydrogen) atoms. The molecule has 0 aromatic heterocycles. The van der Waals surface area contributed by atoms with E-state index in [0.29, 0.717) is 0 Å². The van der Waals surface area contributed by atoms with Crippen LogP contribution < -0.4 is 9.57 Å². The maximum atomic E-state index is 4.52. The second-order valence-corrected chi connectivity index (χ2v) is 14.8. The molecular formula is C54H43N2+. The number of hydrogen-bond acceptors (Lipinski definition) is 1. The Hall–Kier alpha value is -6.99. The fraction of sp³-hybridized carbons (Fsp3) is 0.0741. The van der Waals surface area contributed by atoms with Crippen LogP contribution >= 0.6 is 0 Å². The van der Waals surface area contributed by atoms with Crippen LogP contribution in [-0.2, 0) is 10.8 Å². The van der Waals surface area contributed by atoms with E-state index in [1.165, 1.54) is 66.8 Å². The zero-order valence-electron chi connectivity index (χ0n) is 31.9. The summed E-state index contributed by atoms with van der Waals surface area (Å²) >= 11 is 0. The lowest BCUT2D eigenvalue weighted by molar-refractivity contribution is 0.767. The third-order valence-electron chi connectivity index (χ3n) is 11.8. The molecule has 0 fully saturated rings. The van der Waals surface area contributed by atoms with Crippen LogP contribution in [0.1, 0.15) is 50.1 Å². The highest BCUT2D eigenvalue weighted by molar-refractivity contribution is 5.98. The highest BCUT2D eigenvalue weighted by Gasteiger charge is 2.49. The van der Waals surface area contributed by atoms with Crippen molar-refractivity contribution in [2.24, 2.45) is 0 Å². The number of fused-ring (bicyclic) bond motifs is 6. The van der Waals surface area contributed by atoms with Gasteiger partial charge >= 0.3 is 0 Å². The van der Waals surface area contributed by atoms with E-state index < -0.39 is 10.8 Å². The molecule has 2 aliphatic carbocycles. The van der Waals surface area contributed by atoms with Gasteiger partial charge < -0.3 is 4.90 Å². The predicted octanol–water partition coefficient (Wildman–Crippen LogP) is 11.7. The Bertz CT molecular complexity index is 2660. The van der Waals surface area contributed by atoms with Crippen molar-refractivity contribution in [1.82, 2.24) is 4.67 Å². The second kappa shape index (κ2) is 14.0. The molecule has 9 rings (SSSR count). The van der Waals surface area contributed by atoms with Crippen molar-refractivity contribution in [1.29, 1.82) is 0 Å². The fourth-order valence-corrected chi connectivity index (χ4v) is 9.53. The number of aryl methyl sites for hydroxylation is 1.